The summed E-state index contributed by atoms with van der Waals surface area (Å²) >= 11 is 0. The Morgan fingerprint density at radius 1 is 1.42 bits per heavy atom. The number of rotatable bonds is 5. The van der Waals surface area contributed by atoms with E-state index in [9.17, 15) is 0 Å². The van der Waals surface area contributed by atoms with Gasteiger partial charge in [0.2, 0.25) is 0 Å². The molecule has 1 aliphatic heterocycles. The van der Waals surface area contributed by atoms with Crippen molar-refractivity contribution in [1.29, 1.82) is 0 Å². The van der Waals surface area contributed by atoms with Gasteiger partial charge in [-0.1, -0.05) is 13.8 Å². The Balaban J connectivity index is 2.00. The Morgan fingerprint density at radius 2 is 2.16 bits per heavy atom. The summed E-state index contributed by atoms with van der Waals surface area (Å²) in [6.45, 7) is 11.0. The van der Waals surface area contributed by atoms with Gasteiger partial charge in [0.05, 0.1) is 17.6 Å². The first-order valence-electron chi connectivity index (χ1n) is 7.36. The standard InChI is InChI=1S/C15H26N4/c1-4-18(5-2)14-8-9-19(11-14)13-6-7-15(12(3)16)17-10-13/h6-7,10,12,14H,4-5,8-9,11,16H2,1-3H3. The van der Waals surface area contributed by atoms with Crippen molar-refractivity contribution >= 4 is 5.69 Å². The van der Waals surface area contributed by atoms with Crippen LogP contribution in [0.5, 0.6) is 0 Å². The highest BCUT2D eigenvalue weighted by atomic mass is 15.3. The van der Waals surface area contributed by atoms with Gasteiger partial charge in [0, 0.05) is 25.2 Å². The Hall–Kier alpha value is -1.13. The fourth-order valence-corrected chi connectivity index (χ4v) is 2.87. The Morgan fingerprint density at radius 3 is 2.68 bits per heavy atom. The molecule has 0 radical (unpaired) electrons. The van der Waals surface area contributed by atoms with Gasteiger partial charge in [-0.2, -0.15) is 0 Å². The molecule has 0 saturated carbocycles. The summed E-state index contributed by atoms with van der Waals surface area (Å²) in [5.74, 6) is 0. The van der Waals surface area contributed by atoms with Crippen LogP contribution in [0.3, 0.4) is 0 Å². The Kier molecular flexibility index (Phi) is 4.77. The first kappa shape index (κ1) is 14.3. The van der Waals surface area contributed by atoms with Crippen molar-refractivity contribution in [3.63, 3.8) is 0 Å². The topological polar surface area (TPSA) is 45.4 Å². The number of likely N-dealkylation sites (N-methyl/N-ethyl adjacent to an activating group) is 1. The number of hydrogen-bond acceptors (Lipinski definition) is 4. The summed E-state index contributed by atoms with van der Waals surface area (Å²) in [5, 5.41) is 0. The molecule has 0 bridgehead atoms. The van der Waals surface area contributed by atoms with Crippen molar-refractivity contribution in [2.75, 3.05) is 31.1 Å². The molecule has 2 heterocycles. The monoisotopic (exact) mass is 262 g/mol. The second-order valence-electron chi connectivity index (χ2n) is 5.34. The molecule has 1 saturated heterocycles. The van der Waals surface area contributed by atoms with E-state index < -0.39 is 0 Å². The molecule has 106 valence electrons. The molecule has 0 spiro atoms. The molecule has 1 aliphatic rings. The van der Waals surface area contributed by atoms with Gasteiger partial charge < -0.3 is 10.6 Å². The van der Waals surface area contributed by atoms with E-state index in [0.29, 0.717) is 6.04 Å². The van der Waals surface area contributed by atoms with E-state index in [1.54, 1.807) is 0 Å². The van der Waals surface area contributed by atoms with Crippen LogP contribution in [0.15, 0.2) is 18.3 Å². The molecule has 4 heteroatoms. The van der Waals surface area contributed by atoms with Crippen LogP contribution >= 0.6 is 0 Å². The molecule has 2 rings (SSSR count). The number of nitrogens with zero attached hydrogens (tertiary/aromatic N) is 3. The van der Waals surface area contributed by atoms with Crippen LogP contribution in [0, 0.1) is 0 Å². The summed E-state index contributed by atoms with van der Waals surface area (Å²) < 4.78 is 0. The van der Waals surface area contributed by atoms with Crippen molar-refractivity contribution < 1.29 is 0 Å². The highest BCUT2D eigenvalue weighted by Crippen LogP contribution is 2.23. The molecule has 2 N–H and O–H groups in total. The van der Waals surface area contributed by atoms with Gasteiger partial charge >= 0.3 is 0 Å². The number of anilines is 1. The van der Waals surface area contributed by atoms with Gasteiger partial charge in [-0.3, -0.25) is 9.88 Å². The van der Waals surface area contributed by atoms with E-state index in [0.717, 1.165) is 31.9 Å². The lowest BCUT2D eigenvalue weighted by molar-refractivity contribution is 0.232. The van der Waals surface area contributed by atoms with Crippen LogP contribution in [0.1, 0.15) is 38.9 Å². The average Bonchev–Trinajstić information content (AvgIpc) is 2.90. The lowest BCUT2D eigenvalue weighted by Gasteiger charge is -2.26. The first-order valence-corrected chi connectivity index (χ1v) is 7.36. The van der Waals surface area contributed by atoms with Gasteiger partial charge in [-0.15, -0.1) is 0 Å². The highest BCUT2D eigenvalue weighted by molar-refractivity contribution is 5.46. The van der Waals surface area contributed by atoms with Gasteiger partial charge in [-0.05, 0) is 38.6 Å². The third-order valence-electron chi connectivity index (χ3n) is 4.09. The molecule has 2 atom stereocenters. The molecule has 0 aromatic carbocycles. The van der Waals surface area contributed by atoms with Gasteiger partial charge in [0.25, 0.3) is 0 Å². The molecule has 1 aromatic rings. The summed E-state index contributed by atoms with van der Waals surface area (Å²) in [6, 6.07) is 4.89. The van der Waals surface area contributed by atoms with Crippen LogP contribution < -0.4 is 10.6 Å². The van der Waals surface area contributed by atoms with Crippen LogP contribution in [0.2, 0.25) is 0 Å². The third kappa shape index (κ3) is 3.25. The minimum Gasteiger partial charge on any atom is -0.369 e. The fourth-order valence-electron chi connectivity index (χ4n) is 2.87. The summed E-state index contributed by atoms with van der Waals surface area (Å²) in [5.41, 5.74) is 8.01. The first-order chi connectivity index (χ1) is 9.15. The lowest BCUT2D eigenvalue weighted by Crippen LogP contribution is -2.37. The highest BCUT2D eigenvalue weighted by Gasteiger charge is 2.26. The minimum absolute atomic E-state index is 0.0102. The summed E-state index contributed by atoms with van der Waals surface area (Å²) in [7, 11) is 0. The van der Waals surface area contributed by atoms with Crippen LogP contribution in [0.25, 0.3) is 0 Å². The second-order valence-corrected chi connectivity index (χ2v) is 5.34. The quantitative estimate of drug-likeness (QED) is 0.882. The smallest absolute Gasteiger partial charge is 0.0569 e. The van der Waals surface area contributed by atoms with Crippen LogP contribution in [-0.4, -0.2) is 42.1 Å². The maximum Gasteiger partial charge on any atom is 0.0569 e. The maximum absolute atomic E-state index is 5.83. The SMILES string of the molecule is CCN(CC)C1CCN(c2ccc(C(C)N)nc2)C1. The largest absolute Gasteiger partial charge is 0.369 e. The van der Waals surface area contributed by atoms with Crippen LogP contribution in [0.4, 0.5) is 5.69 Å². The van der Waals surface area contributed by atoms with E-state index in [2.05, 4.69) is 34.7 Å². The zero-order chi connectivity index (χ0) is 13.8. The predicted octanol–water partition coefficient (Wildman–Crippen LogP) is 2.02. The number of nitrogens with two attached hydrogens (primary N) is 1. The van der Waals surface area contributed by atoms with E-state index >= 15 is 0 Å². The Bertz CT molecular complexity index is 384. The fraction of sp³-hybridized carbons (Fsp3) is 0.667. The molecule has 1 aromatic heterocycles. The maximum atomic E-state index is 5.83. The number of hydrogen-bond donors (Lipinski definition) is 1. The van der Waals surface area contributed by atoms with E-state index in [1.807, 2.05) is 19.2 Å². The van der Waals surface area contributed by atoms with Crippen molar-refractivity contribution in [3.05, 3.63) is 24.0 Å². The molecule has 19 heavy (non-hydrogen) atoms. The molecule has 4 nitrogen and oxygen atoms in total. The normalized spacial score (nSPS) is 21.1. The molecule has 2 unspecified atom stereocenters. The average molecular weight is 262 g/mol. The van der Waals surface area contributed by atoms with E-state index in [1.165, 1.54) is 12.1 Å². The van der Waals surface area contributed by atoms with Crippen molar-refractivity contribution in [3.8, 4) is 0 Å². The summed E-state index contributed by atoms with van der Waals surface area (Å²) in [4.78, 5) is 9.43. The number of aromatic nitrogens is 1. The zero-order valence-corrected chi connectivity index (χ0v) is 12.3. The molecular formula is C15H26N4. The molecular weight excluding hydrogens is 236 g/mol. The van der Waals surface area contributed by atoms with E-state index in [4.69, 9.17) is 5.73 Å². The minimum atomic E-state index is 0.0102. The third-order valence-corrected chi connectivity index (χ3v) is 4.09. The second kappa shape index (κ2) is 6.35. The molecule has 0 amide bonds. The number of pyridine rings is 1. The summed E-state index contributed by atoms with van der Waals surface area (Å²) in [6.07, 6.45) is 3.21. The Labute approximate surface area is 116 Å². The molecule has 1 fully saturated rings. The van der Waals surface area contributed by atoms with Gasteiger partial charge in [-0.25, -0.2) is 0 Å². The molecule has 0 aliphatic carbocycles. The van der Waals surface area contributed by atoms with Crippen molar-refractivity contribution in [2.24, 2.45) is 5.73 Å². The van der Waals surface area contributed by atoms with Crippen molar-refractivity contribution in [2.45, 2.75) is 39.3 Å². The van der Waals surface area contributed by atoms with E-state index in [-0.39, 0.29) is 6.04 Å². The zero-order valence-electron chi connectivity index (χ0n) is 12.3. The van der Waals surface area contributed by atoms with Gasteiger partial charge in [0.1, 0.15) is 0 Å². The predicted molar refractivity (Wildman–Crippen MR) is 80.4 cm³/mol. The lowest BCUT2D eigenvalue weighted by atomic mass is 10.2. The van der Waals surface area contributed by atoms with Gasteiger partial charge in [0.15, 0.2) is 0 Å². The van der Waals surface area contributed by atoms with Crippen LogP contribution in [-0.2, 0) is 0 Å². The van der Waals surface area contributed by atoms with Crippen molar-refractivity contribution in [1.82, 2.24) is 9.88 Å².